The molecule has 2 aromatic carbocycles. The molecule has 9 heteroatoms. The number of amides is 1. The van der Waals surface area contributed by atoms with E-state index in [4.69, 9.17) is 16.3 Å². The van der Waals surface area contributed by atoms with Gasteiger partial charge >= 0.3 is 5.97 Å². The molecule has 0 spiro atoms. The quantitative estimate of drug-likeness (QED) is 0.421. The summed E-state index contributed by atoms with van der Waals surface area (Å²) < 4.78 is 5.17. The van der Waals surface area contributed by atoms with Gasteiger partial charge in [-0.25, -0.2) is 4.79 Å². The van der Waals surface area contributed by atoms with Crippen molar-refractivity contribution in [2.75, 3.05) is 6.54 Å². The molecule has 1 N–H and O–H groups in total. The highest BCUT2D eigenvalue weighted by atomic mass is 35.5. The number of benzene rings is 2. The van der Waals surface area contributed by atoms with E-state index in [1.54, 1.807) is 31.2 Å². The standard InChI is InChI=1S/C18H17ClN2O5S/c1-3-20-17(22)11(2)26-18(23)15-10-13(21(24)25)6-9-16(15)27-14-7-4-12(19)5-8-14/h4-11H,3H2,1-2H3,(H,20,22)/t11-/m1/s1. The maximum absolute atomic E-state index is 12.5. The molecule has 1 amide bonds. The summed E-state index contributed by atoms with van der Waals surface area (Å²) in [7, 11) is 0. The fraction of sp³-hybridized carbons (Fsp3) is 0.222. The second-order valence-corrected chi connectivity index (χ2v) is 6.99. The summed E-state index contributed by atoms with van der Waals surface area (Å²) in [6.07, 6.45) is -1.02. The number of carbonyl (C=O) groups is 2. The summed E-state index contributed by atoms with van der Waals surface area (Å²) in [5.41, 5.74) is -0.228. The van der Waals surface area contributed by atoms with Gasteiger partial charge in [-0.3, -0.25) is 14.9 Å². The molecule has 2 aromatic rings. The number of ether oxygens (including phenoxy) is 1. The van der Waals surface area contributed by atoms with Crippen molar-refractivity contribution in [3.8, 4) is 0 Å². The Morgan fingerprint density at radius 1 is 1.26 bits per heavy atom. The van der Waals surface area contributed by atoms with Crippen LogP contribution in [0.5, 0.6) is 0 Å². The third-order valence-electron chi connectivity index (χ3n) is 3.44. The molecule has 0 aliphatic rings. The Bertz CT molecular complexity index is 857. The van der Waals surface area contributed by atoms with E-state index in [2.05, 4.69) is 5.32 Å². The van der Waals surface area contributed by atoms with Crippen molar-refractivity contribution in [1.82, 2.24) is 5.32 Å². The van der Waals surface area contributed by atoms with Crippen LogP contribution in [-0.2, 0) is 9.53 Å². The number of esters is 1. The van der Waals surface area contributed by atoms with Crippen molar-refractivity contribution in [2.24, 2.45) is 0 Å². The molecule has 0 unspecified atom stereocenters. The Morgan fingerprint density at radius 3 is 2.52 bits per heavy atom. The third kappa shape index (κ3) is 5.70. The topological polar surface area (TPSA) is 98.5 Å². The molecule has 1 atom stereocenters. The van der Waals surface area contributed by atoms with Crippen LogP contribution >= 0.6 is 23.4 Å². The lowest BCUT2D eigenvalue weighted by Gasteiger charge is -2.14. The van der Waals surface area contributed by atoms with Crippen molar-refractivity contribution in [3.63, 3.8) is 0 Å². The average molecular weight is 409 g/mol. The summed E-state index contributed by atoms with van der Waals surface area (Å²) in [4.78, 5) is 36.1. The number of halogens is 1. The van der Waals surface area contributed by atoms with Crippen LogP contribution in [-0.4, -0.2) is 29.4 Å². The van der Waals surface area contributed by atoms with E-state index >= 15 is 0 Å². The van der Waals surface area contributed by atoms with E-state index in [-0.39, 0.29) is 11.3 Å². The largest absolute Gasteiger partial charge is 0.449 e. The lowest BCUT2D eigenvalue weighted by molar-refractivity contribution is -0.384. The van der Waals surface area contributed by atoms with Gasteiger partial charge in [0.1, 0.15) is 0 Å². The predicted molar refractivity (Wildman–Crippen MR) is 102 cm³/mol. The lowest BCUT2D eigenvalue weighted by atomic mass is 10.2. The minimum atomic E-state index is -1.02. The van der Waals surface area contributed by atoms with Gasteiger partial charge in [0, 0.05) is 33.5 Å². The van der Waals surface area contributed by atoms with Gasteiger partial charge in [0.2, 0.25) is 0 Å². The zero-order valence-corrected chi connectivity index (χ0v) is 16.2. The molecule has 0 bridgehead atoms. The first kappa shape index (κ1) is 20.7. The Balaban J connectivity index is 2.31. The van der Waals surface area contributed by atoms with Gasteiger partial charge < -0.3 is 10.1 Å². The molecule has 0 saturated heterocycles. The normalized spacial score (nSPS) is 11.5. The second kappa shape index (κ2) is 9.38. The number of nitrogens with one attached hydrogen (secondary N) is 1. The first-order valence-electron chi connectivity index (χ1n) is 8.02. The smallest absolute Gasteiger partial charge is 0.340 e. The highest BCUT2D eigenvalue weighted by Gasteiger charge is 2.23. The van der Waals surface area contributed by atoms with Crippen LogP contribution < -0.4 is 5.32 Å². The number of nitro groups is 1. The van der Waals surface area contributed by atoms with E-state index in [1.807, 2.05) is 0 Å². The van der Waals surface area contributed by atoms with Crippen LogP contribution in [0.3, 0.4) is 0 Å². The van der Waals surface area contributed by atoms with Gasteiger partial charge in [-0.05, 0) is 44.2 Å². The van der Waals surface area contributed by atoms with Gasteiger partial charge in [0.15, 0.2) is 6.10 Å². The summed E-state index contributed by atoms with van der Waals surface area (Å²) in [5.74, 6) is -1.25. The molecule has 2 rings (SSSR count). The molecular weight excluding hydrogens is 392 g/mol. The van der Waals surface area contributed by atoms with Crippen LogP contribution in [0, 0.1) is 10.1 Å². The van der Waals surface area contributed by atoms with Gasteiger partial charge in [-0.1, -0.05) is 23.4 Å². The highest BCUT2D eigenvalue weighted by Crippen LogP contribution is 2.33. The van der Waals surface area contributed by atoms with Crippen LogP contribution in [0.15, 0.2) is 52.3 Å². The molecule has 0 aromatic heterocycles. The summed E-state index contributed by atoms with van der Waals surface area (Å²) in [6.45, 7) is 3.58. The minimum Gasteiger partial charge on any atom is -0.449 e. The fourth-order valence-corrected chi connectivity index (χ4v) is 3.15. The number of hydrogen-bond donors (Lipinski definition) is 1. The van der Waals surface area contributed by atoms with Crippen LogP contribution in [0.1, 0.15) is 24.2 Å². The zero-order valence-electron chi connectivity index (χ0n) is 14.6. The van der Waals surface area contributed by atoms with Crippen molar-refractivity contribution in [3.05, 3.63) is 63.2 Å². The van der Waals surface area contributed by atoms with E-state index in [9.17, 15) is 19.7 Å². The maximum Gasteiger partial charge on any atom is 0.340 e. The molecule has 0 aliphatic heterocycles. The van der Waals surface area contributed by atoms with Gasteiger partial charge in [0.05, 0.1) is 10.5 Å². The monoisotopic (exact) mass is 408 g/mol. The van der Waals surface area contributed by atoms with E-state index in [0.29, 0.717) is 16.5 Å². The predicted octanol–water partition coefficient (Wildman–Crippen LogP) is 4.08. The summed E-state index contributed by atoms with van der Waals surface area (Å²) in [5, 5.41) is 14.2. The lowest BCUT2D eigenvalue weighted by Crippen LogP contribution is -2.35. The Kier molecular flexibility index (Phi) is 7.20. The first-order valence-corrected chi connectivity index (χ1v) is 9.21. The van der Waals surface area contributed by atoms with Crippen molar-refractivity contribution < 1.29 is 19.2 Å². The van der Waals surface area contributed by atoms with Crippen molar-refractivity contribution in [1.29, 1.82) is 0 Å². The minimum absolute atomic E-state index is 0.0142. The molecular formula is C18H17ClN2O5S. The Labute approximate surface area is 165 Å². The van der Waals surface area contributed by atoms with Crippen LogP contribution in [0.4, 0.5) is 5.69 Å². The van der Waals surface area contributed by atoms with E-state index in [1.165, 1.54) is 30.8 Å². The van der Waals surface area contributed by atoms with Crippen LogP contribution in [0.2, 0.25) is 5.02 Å². The van der Waals surface area contributed by atoms with E-state index < -0.39 is 22.9 Å². The first-order chi connectivity index (χ1) is 12.8. The highest BCUT2D eigenvalue weighted by molar-refractivity contribution is 7.99. The SMILES string of the molecule is CCNC(=O)[C@@H](C)OC(=O)c1cc([N+](=O)[O-])ccc1Sc1ccc(Cl)cc1. The molecule has 0 aliphatic carbocycles. The Morgan fingerprint density at radius 2 is 1.93 bits per heavy atom. The number of carbonyl (C=O) groups excluding carboxylic acids is 2. The van der Waals surface area contributed by atoms with E-state index in [0.717, 1.165) is 11.0 Å². The molecule has 0 fully saturated rings. The average Bonchev–Trinajstić information content (AvgIpc) is 2.63. The second-order valence-electron chi connectivity index (χ2n) is 5.44. The zero-order chi connectivity index (χ0) is 20.0. The van der Waals surface area contributed by atoms with Gasteiger partial charge in [0.25, 0.3) is 11.6 Å². The molecule has 0 heterocycles. The number of rotatable bonds is 7. The van der Waals surface area contributed by atoms with Crippen molar-refractivity contribution in [2.45, 2.75) is 29.7 Å². The number of nitrogens with zero attached hydrogens (tertiary/aromatic N) is 1. The van der Waals surface area contributed by atoms with Crippen LogP contribution in [0.25, 0.3) is 0 Å². The third-order valence-corrected chi connectivity index (χ3v) is 4.78. The molecule has 0 saturated carbocycles. The molecule has 27 heavy (non-hydrogen) atoms. The number of non-ortho nitro benzene ring substituents is 1. The summed E-state index contributed by atoms with van der Waals surface area (Å²) in [6, 6.07) is 10.9. The van der Waals surface area contributed by atoms with Gasteiger partial charge in [-0.2, -0.15) is 0 Å². The molecule has 7 nitrogen and oxygen atoms in total. The maximum atomic E-state index is 12.5. The molecule has 142 valence electrons. The Hall–Kier alpha value is -2.58. The number of likely N-dealkylation sites (N-methyl/N-ethyl adjacent to an activating group) is 1. The molecule has 0 radical (unpaired) electrons. The number of nitro benzene ring substituents is 1. The van der Waals surface area contributed by atoms with Gasteiger partial charge in [-0.15, -0.1) is 0 Å². The fourth-order valence-electron chi connectivity index (χ4n) is 2.11. The summed E-state index contributed by atoms with van der Waals surface area (Å²) >= 11 is 7.10. The number of hydrogen-bond acceptors (Lipinski definition) is 6. The van der Waals surface area contributed by atoms with Crippen molar-refractivity contribution >= 4 is 40.9 Å².